The summed E-state index contributed by atoms with van der Waals surface area (Å²) in [5.74, 6) is 0.283. The highest BCUT2D eigenvalue weighted by atomic mass is 32.2. The molecule has 0 N–H and O–H groups in total. The van der Waals surface area contributed by atoms with Gasteiger partial charge in [-0.3, -0.25) is 14.5 Å². The molecule has 0 spiro atoms. The summed E-state index contributed by atoms with van der Waals surface area (Å²) in [6.07, 6.45) is 0.788. The van der Waals surface area contributed by atoms with Crippen LogP contribution in [0.4, 0.5) is 0 Å². The lowest BCUT2D eigenvalue weighted by Crippen LogP contribution is -2.33. The average Bonchev–Trinajstić information content (AvgIpc) is 3.25. The van der Waals surface area contributed by atoms with Crippen molar-refractivity contribution in [3.8, 4) is 0 Å². The number of carbonyl (C=O) groups is 2. The Morgan fingerprint density at radius 2 is 1.85 bits per heavy atom. The molecular weight excluding hydrogens is 378 g/mol. The fourth-order valence-corrected chi connectivity index (χ4v) is 4.71. The van der Waals surface area contributed by atoms with Crippen molar-refractivity contribution in [1.29, 1.82) is 0 Å². The first-order chi connectivity index (χ1) is 13.1. The molecule has 0 radical (unpaired) electrons. The van der Waals surface area contributed by atoms with Crippen LogP contribution in [-0.4, -0.2) is 36.0 Å². The molecule has 4 nitrogen and oxygen atoms in total. The average molecular weight is 402 g/mol. The zero-order chi connectivity index (χ0) is 19.2. The van der Waals surface area contributed by atoms with E-state index in [4.69, 9.17) is 4.74 Å². The first kappa shape index (κ1) is 19.9. The number of thioether (sulfide) groups is 1. The summed E-state index contributed by atoms with van der Waals surface area (Å²) in [7, 11) is 0. The summed E-state index contributed by atoms with van der Waals surface area (Å²) in [6, 6.07) is 13.8. The van der Waals surface area contributed by atoms with E-state index in [1.165, 1.54) is 28.0 Å². The highest BCUT2D eigenvalue weighted by Crippen LogP contribution is 2.39. The molecule has 3 rings (SSSR count). The number of hydrogen-bond acceptors (Lipinski definition) is 5. The highest BCUT2D eigenvalue weighted by molar-refractivity contribution is 8.03. The van der Waals surface area contributed by atoms with Gasteiger partial charge < -0.3 is 4.74 Å². The van der Waals surface area contributed by atoms with Gasteiger partial charge in [0.1, 0.15) is 0 Å². The fraction of sp³-hybridized carbons (Fsp3) is 0.333. The number of rotatable bonds is 9. The van der Waals surface area contributed by atoms with Crippen molar-refractivity contribution >= 4 is 40.5 Å². The van der Waals surface area contributed by atoms with Crippen molar-refractivity contribution in [2.75, 3.05) is 13.2 Å². The first-order valence-corrected chi connectivity index (χ1v) is 10.9. The molecule has 0 aliphatic carbocycles. The Hall–Kier alpha value is -1.89. The van der Waals surface area contributed by atoms with Crippen molar-refractivity contribution < 1.29 is 14.3 Å². The van der Waals surface area contributed by atoms with Crippen LogP contribution < -0.4 is 0 Å². The fourth-order valence-electron chi connectivity index (χ4n) is 2.80. The summed E-state index contributed by atoms with van der Waals surface area (Å²) in [5, 5.41) is 1.93. The van der Waals surface area contributed by atoms with Gasteiger partial charge in [0.15, 0.2) is 0 Å². The van der Waals surface area contributed by atoms with Gasteiger partial charge in [0.2, 0.25) is 0 Å². The third-order valence-corrected chi connectivity index (χ3v) is 6.13. The Morgan fingerprint density at radius 3 is 2.52 bits per heavy atom. The van der Waals surface area contributed by atoms with E-state index < -0.39 is 0 Å². The number of carbonyl (C=O) groups excluding carboxylic acids is 2. The Labute approximate surface area is 168 Å². The number of amides is 2. The molecule has 2 aromatic rings. The molecule has 1 aliphatic rings. The number of thiophene rings is 1. The van der Waals surface area contributed by atoms with Crippen LogP contribution in [0.2, 0.25) is 0 Å². The van der Waals surface area contributed by atoms with E-state index in [0.29, 0.717) is 35.8 Å². The lowest BCUT2D eigenvalue weighted by atomic mass is 10.2. The summed E-state index contributed by atoms with van der Waals surface area (Å²) < 4.78 is 5.54. The third-order valence-electron chi connectivity index (χ3n) is 4.10. The predicted octanol–water partition coefficient (Wildman–Crippen LogP) is 4.58. The second-order valence-corrected chi connectivity index (χ2v) is 8.42. The maximum absolute atomic E-state index is 13.0. The van der Waals surface area contributed by atoms with Gasteiger partial charge in [-0.25, -0.2) is 0 Å². The first-order valence-electron chi connectivity index (χ1n) is 9.00. The zero-order valence-electron chi connectivity index (χ0n) is 15.5. The lowest BCUT2D eigenvalue weighted by molar-refractivity contribution is -0.136. The summed E-state index contributed by atoms with van der Waals surface area (Å²) >= 11 is 2.94. The Kier molecular flexibility index (Phi) is 6.88. The van der Waals surface area contributed by atoms with E-state index >= 15 is 0 Å². The number of benzene rings is 1. The van der Waals surface area contributed by atoms with Crippen LogP contribution in [0.5, 0.6) is 0 Å². The number of nitrogens with zero attached hydrogens (tertiary/aromatic N) is 1. The molecule has 0 saturated carbocycles. The smallest absolute Gasteiger partial charge is 0.268 e. The standard InChI is InChI=1S/C21H23NO3S2/c1-15(2)25-12-7-11-22-20(23)18(17-10-6-13-26-17)19(21(22)24)27-14-16-8-4-3-5-9-16/h3-6,8-10,13,15H,7,11-12,14H2,1-2H3. The molecule has 0 unspecified atom stereocenters. The monoisotopic (exact) mass is 401 g/mol. The second-order valence-electron chi connectivity index (χ2n) is 6.49. The normalized spacial score (nSPS) is 14.7. The van der Waals surface area contributed by atoms with Gasteiger partial charge in [-0.05, 0) is 37.3 Å². The molecule has 0 saturated heterocycles. The van der Waals surface area contributed by atoms with E-state index in [0.717, 1.165) is 10.4 Å². The van der Waals surface area contributed by atoms with Crippen LogP contribution in [0.15, 0.2) is 52.7 Å². The van der Waals surface area contributed by atoms with Gasteiger partial charge in [0.05, 0.1) is 16.6 Å². The minimum Gasteiger partial charge on any atom is -0.379 e. The minimum absolute atomic E-state index is 0.145. The van der Waals surface area contributed by atoms with Crippen LogP contribution in [0.1, 0.15) is 30.7 Å². The number of imide groups is 1. The van der Waals surface area contributed by atoms with Crippen molar-refractivity contribution in [2.24, 2.45) is 0 Å². The minimum atomic E-state index is -0.192. The summed E-state index contributed by atoms with van der Waals surface area (Å²) in [6.45, 7) is 4.87. The topological polar surface area (TPSA) is 46.6 Å². The predicted molar refractivity (Wildman–Crippen MR) is 111 cm³/mol. The maximum atomic E-state index is 13.0. The van der Waals surface area contributed by atoms with E-state index in [1.807, 2.05) is 61.7 Å². The number of ether oxygens (including phenoxy) is 1. The van der Waals surface area contributed by atoms with Crippen LogP contribution in [0.25, 0.3) is 5.57 Å². The second kappa shape index (κ2) is 9.35. The quantitative estimate of drug-likeness (QED) is 0.456. The van der Waals surface area contributed by atoms with Gasteiger partial charge in [-0.15, -0.1) is 23.1 Å². The van der Waals surface area contributed by atoms with Crippen LogP contribution in [0, 0.1) is 0 Å². The SMILES string of the molecule is CC(C)OCCCN1C(=O)C(SCc2ccccc2)=C(c2cccs2)C1=O. The van der Waals surface area contributed by atoms with Gasteiger partial charge in [-0.2, -0.15) is 0 Å². The zero-order valence-corrected chi connectivity index (χ0v) is 17.1. The Bertz CT molecular complexity index is 813. The van der Waals surface area contributed by atoms with Gasteiger partial charge >= 0.3 is 0 Å². The number of hydrogen-bond donors (Lipinski definition) is 0. The molecule has 1 aromatic carbocycles. The molecule has 2 heterocycles. The van der Waals surface area contributed by atoms with Crippen molar-refractivity contribution in [2.45, 2.75) is 32.1 Å². The maximum Gasteiger partial charge on any atom is 0.268 e. The van der Waals surface area contributed by atoms with E-state index in [1.54, 1.807) is 0 Å². The van der Waals surface area contributed by atoms with Crippen molar-refractivity contribution in [3.63, 3.8) is 0 Å². The Morgan fingerprint density at radius 1 is 1.07 bits per heavy atom. The molecule has 0 atom stereocenters. The molecule has 1 aromatic heterocycles. The molecule has 2 amide bonds. The van der Waals surface area contributed by atoms with Gasteiger partial charge in [-0.1, -0.05) is 36.4 Å². The van der Waals surface area contributed by atoms with Crippen LogP contribution >= 0.6 is 23.1 Å². The Balaban J connectivity index is 1.75. The molecular formula is C21H23NO3S2. The van der Waals surface area contributed by atoms with E-state index in [9.17, 15) is 9.59 Å². The summed E-state index contributed by atoms with van der Waals surface area (Å²) in [5.41, 5.74) is 1.67. The largest absolute Gasteiger partial charge is 0.379 e. The molecule has 0 bridgehead atoms. The van der Waals surface area contributed by atoms with E-state index in [-0.39, 0.29) is 17.9 Å². The molecule has 6 heteroatoms. The van der Waals surface area contributed by atoms with Crippen molar-refractivity contribution in [3.05, 3.63) is 63.2 Å². The van der Waals surface area contributed by atoms with Crippen LogP contribution in [0.3, 0.4) is 0 Å². The molecule has 0 fully saturated rings. The molecule has 1 aliphatic heterocycles. The van der Waals surface area contributed by atoms with E-state index in [2.05, 4.69) is 0 Å². The molecule has 142 valence electrons. The van der Waals surface area contributed by atoms with Gasteiger partial charge in [0.25, 0.3) is 11.8 Å². The third kappa shape index (κ3) is 4.89. The highest BCUT2D eigenvalue weighted by Gasteiger charge is 2.39. The van der Waals surface area contributed by atoms with Gasteiger partial charge in [0, 0.05) is 23.8 Å². The summed E-state index contributed by atoms with van der Waals surface area (Å²) in [4.78, 5) is 28.7. The van der Waals surface area contributed by atoms with Crippen LogP contribution in [-0.2, 0) is 20.1 Å². The van der Waals surface area contributed by atoms with Crippen molar-refractivity contribution in [1.82, 2.24) is 4.90 Å². The molecule has 27 heavy (non-hydrogen) atoms. The lowest BCUT2D eigenvalue weighted by Gasteiger charge is -2.15.